The van der Waals surface area contributed by atoms with Crippen molar-refractivity contribution in [3.8, 4) is 0 Å². The van der Waals surface area contributed by atoms with E-state index < -0.39 is 0 Å². The third kappa shape index (κ3) is 4.80. The van der Waals surface area contributed by atoms with Crippen molar-refractivity contribution in [3.05, 3.63) is 35.9 Å². The van der Waals surface area contributed by atoms with Crippen LogP contribution in [0.2, 0.25) is 0 Å². The Morgan fingerprint density at radius 2 is 2.05 bits per heavy atom. The molecule has 1 fully saturated rings. The van der Waals surface area contributed by atoms with Crippen LogP contribution in [0, 0.1) is 0 Å². The molecule has 21 heavy (non-hydrogen) atoms. The number of hydrogen-bond acceptors (Lipinski definition) is 3. The summed E-state index contributed by atoms with van der Waals surface area (Å²) < 4.78 is 5.88. The molecular formula is C18H30N2O. The average molecular weight is 290 g/mol. The molecule has 0 bridgehead atoms. The van der Waals surface area contributed by atoms with Gasteiger partial charge in [-0.3, -0.25) is 4.90 Å². The highest BCUT2D eigenvalue weighted by Gasteiger charge is 2.24. The second-order valence-electron chi connectivity index (χ2n) is 6.11. The van der Waals surface area contributed by atoms with Gasteiger partial charge in [0.2, 0.25) is 0 Å². The predicted octanol–water partition coefficient (Wildman–Crippen LogP) is 3.23. The van der Waals surface area contributed by atoms with Crippen molar-refractivity contribution in [1.29, 1.82) is 0 Å². The van der Waals surface area contributed by atoms with Crippen molar-refractivity contribution in [2.24, 2.45) is 0 Å². The molecule has 0 aromatic heterocycles. The minimum absolute atomic E-state index is 0.366. The molecule has 1 aliphatic heterocycles. The van der Waals surface area contributed by atoms with Gasteiger partial charge in [-0.2, -0.15) is 0 Å². The van der Waals surface area contributed by atoms with E-state index in [0.717, 1.165) is 19.7 Å². The first kappa shape index (κ1) is 16.5. The maximum atomic E-state index is 5.88. The molecule has 1 heterocycles. The van der Waals surface area contributed by atoms with Crippen LogP contribution in [-0.2, 0) is 4.74 Å². The van der Waals surface area contributed by atoms with Crippen LogP contribution in [-0.4, -0.2) is 43.8 Å². The van der Waals surface area contributed by atoms with E-state index in [4.69, 9.17) is 4.74 Å². The van der Waals surface area contributed by atoms with Crippen molar-refractivity contribution in [1.82, 2.24) is 10.2 Å². The Labute approximate surface area is 129 Å². The fourth-order valence-corrected chi connectivity index (χ4v) is 3.14. The van der Waals surface area contributed by atoms with Gasteiger partial charge < -0.3 is 10.1 Å². The second kappa shape index (κ2) is 8.52. The molecule has 0 radical (unpaired) electrons. The Morgan fingerprint density at radius 3 is 2.67 bits per heavy atom. The van der Waals surface area contributed by atoms with Gasteiger partial charge in [0.05, 0.1) is 6.10 Å². The van der Waals surface area contributed by atoms with Crippen LogP contribution in [0.5, 0.6) is 0 Å². The van der Waals surface area contributed by atoms with Crippen LogP contribution in [0.1, 0.15) is 44.7 Å². The number of likely N-dealkylation sites (N-methyl/N-ethyl adjacent to an activating group) is 2. The maximum absolute atomic E-state index is 5.88. The number of rotatable bonds is 7. The van der Waals surface area contributed by atoms with Gasteiger partial charge in [0.1, 0.15) is 0 Å². The quantitative estimate of drug-likeness (QED) is 0.834. The monoisotopic (exact) mass is 290 g/mol. The summed E-state index contributed by atoms with van der Waals surface area (Å²) in [6, 6.07) is 11.6. The van der Waals surface area contributed by atoms with Gasteiger partial charge in [-0.15, -0.1) is 0 Å². The van der Waals surface area contributed by atoms with Crippen molar-refractivity contribution < 1.29 is 4.74 Å². The molecule has 1 saturated heterocycles. The molecule has 0 spiro atoms. The van der Waals surface area contributed by atoms with Crippen molar-refractivity contribution in [2.45, 2.75) is 51.3 Å². The molecule has 0 amide bonds. The van der Waals surface area contributed by atoms with Gasteiger partial charge in [0.15, 0.2) is 0 Å². The Balaban J connectivity index is 1.98. The van der Waals surface area contributed by atoms with E-state index in [-0.39, 0.29) is 0 Å². The molecule has 1 aromatic carbocycles. The maximum Gasteiger partial charge on any atom is 0.0702 e. The van der Waals surface area contributed by atoms with E-state index in [9.17, 15) is 0 Å². The molecule has 0 saturated carbocycles. The zero-order valence-electron chi connectivity index (χ0n) is 13.7. The molecule has 1 aromatic rings. The van der Waals surface area contributed by atoms with E-state index in [2.05, 4.69) is 61.4 Å². The molecule has 0 aliphatic carbocycles. The number of nitrogens with zero attached hydrogens (tertiary/aromatic N) is 1. The topological polar surface area (TPSA) is 24.5 Å². The summed E-state index contributed by atoms with van der Waals surface area (Å²) in [5.41, 5.74) is 1.36. The fraction of sp³-hybridized carbons (Fsp3) is 0.667. The van der Waals surface area contributed by atoms with Gasteiger partial charge in [0.25, 0.3) is 0 Å². The zero-order chi connectivity index (χ0) is 15.1. The first-order chi connectivity index (χ1) is 10.2. The van der Waals surface area contributed by atoms with E-state index >= 15 is 0 Å². The minimum atomic E-state index is 0.366. The van der Waals surface area contributed by atoms with Gasteiger partial charge >= 0.3 is 0 Å². The van der Waals surface area contributed by atoms with Crippen molar-refractivity contribution in [3.63, 3.8) is 0 Å². The first-order valence-corrected chi connectivity index (χ1v) is 8.32. The molecule has 3 atom stereocenters. The summed E-state index contributed by atoms with van der Waals surface area (Å²) in [5, 5.41) is 3.63. The summed E-state index contributed by atoms with van der Waals surface area (Å²) in [5.74, 6) is 0. The van der Waals surface area contributed by atoms with E-state index in [0.29, 0.717) is 18.2 Å². The van der Waals surface area contributed by atoms with Gasteiger partial charge in [0, 0.05) is 25.2 Å². The lowest BCUT2D eigenvalue weighted by molar-refractivity contribution is -0.00960. The highest BCUT2D eigenvalue weighted by molar-refractivity contribution is 5.20. The third-order valence-electron chi connectivity index (χ3n) is 4.53. The Morgan fingerprint density at radius 1 is 1.29 bits per heavy atom. The van der Waals surface area contributed by atoms with Gasteiger partial charge in [-0.1, -0.05) is 37.3 Å². The number of hydrogen-bond donors (Lipinski definition) is 1. The van der Waals surface area contributed by atoms with Crippen LogP contribution in [0.4, 0.5) is 0 Å². The highest BCUT2D eigenvalue weighted by Crippen LogP contribution is 2.22. The van der Waals surface area contributed by atoms with Crippen LogP contribution < -0.4 is 5.32 Å². The lowest BCUT2D eigenvalue weighted by atomic mass is 9.98. The largest absolute Gasteiger partial charge is 0.377 e. The number of nitrogens with one attached hydrogen (secondary N) is 1. The predicted molar refractivity (Wildman–Crippen MR) is 88.5 cm³/mol. The Bertz CT molecular complexity index is 389. The van der Waals surface area contributed by atoms with Crippen molar-refractivity contribution >= 4 is 0 Å². The fourth-order valence-electron chi connectivity index (χ4n) is 3.14. The van der Waals surface area contributed by atoms with Crippen LogP contribution in [0.25, 0.3) is 0 Å². The lowest BCUT2D eigenvalue weighted by Crippen LogP contribution is -2.44. The zero-order valence-corrected chi connectivity index (χ0v) is 13.7. The minimum Gasteiger partial charge on any atom is -0.377 e. The van der Waals surface area contributed by atoms with Gasteiger partial charge in [-0.25, -0.2) is 0 Å². The van der Waals surface area contributed by atoms with Crippen molar-refractivity contribution in [2.75, 3.05) is 26.7 Å². The van der Waals surface area contributed by atoms with Crippen LogP contribution in [0.3, 0.4) is 0 Å². The normalized spacial score (nSPS) is 22.2. The Kier molecular flexibility index (Phi) is 6.68. The summed E-state index contributed by atoms with van der Waals surface area (Å²) in [7, 11) is 2.22. The van der Waals surface area contributed by atoms with E-state index in [1.807, 2.05) is 0 Å². The first-order valence-electron chi connectivity index (χ1n) is 8.32. The van der Waals surface area contributed by atoms with Crippen LogP contribution in [0.15, 0.2) is 30.3 Å². The lowest BCUT2D eigenvalue weighted by Gasteiger charge is -2.35. The summed E-state index contributed by atoms with van der Waals surface area (Å²) in [6.45, 7) is 7.42. The Hall–Kier alpha value is -0.900. The molecule has 1 N–H and O–H groups in total. The third-order valence-corrected chi connectivity index (χ3v) is 4.53. The smallest absolute Gasteiger partial charge is 0.0702 e. The average Bonchev–Trinajstić information content (AvgIpc) is 2.53. The molecule has 2 rings (SSSR count). The number of ether oxygens (including phenoxy) is 1. The second-order valence-corrected chi connectivity index (χ2v) is 6.11. The molecular weight excluding hydrogens is 260 g/mol. The molecule has 118 valence electrons. The molecule has 3 nitrogen and oxygen atoms in total. The van der Waals surface area contributed by atoms with E-state index in [1.54, 1.807) is 0 Å². The van der Waals surface area contributed by atoms with Crippen LogP contribution >= 0.6 is 0 Å². The molecule has 1 aliphatic rings. The summed E-state index contributed by atoms with van der Waals surface area (Å²) in [4.78, 5) is 2.44. The van der Waals surface area contributed by atoms with E-state index in [1.165, 1.54) is 24.8 Å². The molecule has 3 unspecified atom stereocenters. The summed E-state index contributed by atoms with van der Waals surface area (Å²) >= 11 is 0. The SMILES string of the molecule is CCNC(c1ccccc1)C(C)N(C)CC1CCCCO1. The van der Waals surface area contributed by atoms with Gasteiger partial charge in [-0.05, 0) is 45.3 Å². The number of benzene rings is 1. The highest BCUT2D eigenvalue weighted by atomic mass is 16.5. The standard InChI is InChI=1S/C18H30N2O/c1-4-19-18(16-10-6-5-7-11-16)15(2)20(3)14-17-12-8-9-13-21-17/h5-7,10-11,15,17-19H,4,8-9,12-14H2,1-3H3. The molecule has 3 heteroatoms. The summed E-state index contributed by atoms with van der Waals surface area (Å²) in [6.07, 6.45) is 4.14.